The maximum Gasteiger partial charge on any atom is 0.191 e. The summed E-state index contributed by atoms with van der Waals surface area (Å²) < 4.78 is 5.59. The van der Waals surface area contributed by atoms with Crippen LogP contribution in [0.3, 0.4) is 0 Å². The molecule has 27 heavy (non-hydrogen) atoms. The SMILES string of the molecule is CN=C(NCCCCN1CCCC1)NCC1(N2CCOCC2)CCCCC1. The van der Waals surface area contributed by atoms with Crippen molar-refractivity contribution >= 4 is 5.96 Å². The maximum absolute atomic E-state index is 5.59. The van der Waals surface area contributed by atoms with Gasteiger partial charge in [0.1, 0.15) is 0 Å². The number of morpholine rings is 1. The molecular formula is C21H41N5O. The molecule has 0 aromatic carbocycles. The highest BCUT2D eigenvalue weighted by molar-refractivity contribution is 5.79. The van der Waals surface area contributed by atoms with Gasteiger partial charge in [0.05, 0.1) is 13.2 Å². The number of unbranched alkanes of at least 4 members (excludes halogenated alkanes) is 1. The fourth-order valence-electron chi connectivity index (χ4n) is 4.99. The summed E-state index contributed by atoms with van der Waals surface area (Å²) in [5, 5.41) is 7.19. The lowest BCUT2D eigenvalue weighted by Gasteiger charge is -2.48. The Kier molecular flexibility index (Phi) is 8.68. The number of nitrogens with one attached hydrogen (secondary N) is 2. The molecule has 0 amide bonds. The molecule has 2 aliphatic heterocycles. The predicted octanol–water partition coefficient (Wildman–Crippen LogP) is 2.06. The molecule has 3 fully saturated rings. The zero-order chi connectivity index (χ0) is 18.8. The van der Waals surface area contributed by atoms with Crippen LogP contribution < -0.4 is 10.6 Å². The molecule has 2 saturated heterocycles. The van der Waals surface area contributed by atoms with E-state index >= 15 is 0 Å². The van der Waals surface area contributed by atoms with Crippen LogP contribution in [-0.2, 0) is 4.74 Å². The molecule has 0 radical (unpaired) electrons. The van der Waals surface area contributed by atoms with E-state index in [-0.39, 0.29) is 5.54 Å². The van der Waals surface area contributed by atoms with Gasteiger partial charge in [0.2, 0.25) is 0 Å². The van der Waals surface area contributed by atoms with Crippen LogP contribution in [0.5, 0.6) is 0 Å². The Labute approximate surface area is 166 Å². The molecule has 156 valence electrons. The van der Waals surface area contributed by atoms with E-state index in [1.54, 1.807) is 0 Å². The van der Waals surface area contributed by atoms with Gasteiger partial charge in [-0.1, -0.05) is 19.3 Å². The molecule has 3 aliphatic rings. The predicted molar refractivity (Wildman–Crippen MR) is 112 cm³/mol. The van der Waals surface area contributed by atoms with Crippen molar-refractivity contribution in [3.05, 3.63) is 0 Å². The summed E-state index contributed by atoms with van der Waals surface area (Å²) >= 11 is 0. The van der Waals surface area contributed by atoms with E-state index in [2.05, 4.69) is 25.4 Å². The number of hydrogen-bond donors (Lipinski definition) is 2. The fourth-order valence-corrected chi connectivity index (χ4v) is 4.99. The first-order chi connectivity index (χ1) is 13.3. The van der Waals surface area contributed by atoms with E-state index in [1.807, 2.05) is 7.05 Å². The number of hydrogen-bond acceptors (Lipinski definition) is 4. The molecule has 6 nitrogen and oxygen atoms in total. The normalized spacial score (nSPS) is 24.9. The minimum Gasteiger partial charge on any atom is -0.379 e. The molecule has 0 bridgehead atoms. The van der Waals surface area contributed by atoms with Crippen LogP contribution in [0.4, 0.5) is 0 Å². The lowest BCUT2D eigenvalue weighted by Crippen LogP contribution is -2.60. The molecule has 2 N–H and O–H groups in total. The van der Waals surface area contributed by atoms with Gasteiger partial charge in [-0.3, -0.25) is 9.89 Å². The van der Waals surface area contributed by atoms with Gasteiger partial charge in [0, 0.05) is 38.8 Å². The molecule has 0 spiro atoms. The third-order valence-electron chi connectivity index (χ3n) is 6.67. The average Bonchev–Trinajstić information content (AvgIpc) is 3.25. The first-order valence-electron chi connectivity index (χ1n) is 11.3. The zero-order valence-corrected chi connectivity index (χ0v) is 17.5. The third kappa shape index (κ3) is 6.33. The summed E-state index contributed by atoms with van der Waals surface area (Å²) in [7, 11) is 1.89. The van der Waals surface area contributed by atoms with Crippen LogP contribution in [0.15, 0.2) is 4.99 Å². The molecule has 0 atom stereocenters. The van der Waals surface area contributed by atoms with Crippen LogP contribution in [0.1, 0.15) is 57.8 Å². The largest absolute Gasteiger partial charge is 0.379 e. The second-order valence-corrected chi connectivity index (χ2v) is 8.49. The Morgan fingerprint density at radius 2 is 1.67 bits per heavy atom. The minimum atomic E-state index is 0.287. The van der Waals surface area contributed by atoms with E-state index < -0.39 is 0 Å². The monoisotopic (exact) mass is 379 g/mol. The van der Waals surface area contributed by atoms with Crippen molar-refractivity contribution in [2.75, 3.05) is 66.1 Å². The van der Waals surface area contributed by atoms with Gasteiger partial charge in [-0.25, -0.2) is 0 Å². The number of ether oxygens (including phenoxy) is 1. The molecule has 0 unspecified atom stereocenters. The van der Waals surface area contributed by atoms with Gasteiger partial charge in [0.25, 0.3) is 0 Å². The molecule has 2 heterocycles. The van der Waals surface area contributed by atoms with E-state index in [0.717, 1.165) is 45.4 Å². The number of aliphatic imine (C=N–C) groups is 1. The number of likely N-dealkylation sites (tertiary alicyclic amines) is 1. The van der Waals surface area contributed by atoms with Crippen LogP contribution in [0.2, 0.25) is 0 Å². The molecule has 0 aromatic rings. The van der Waals surface area contributed by atoms with Crippen molar-refractivity contribution in [2.45, 2.75) is 63.3 Å². The van der Waals surface area contributed by atoms with E-state index in [4.69, 9.17) is 4.74 Å². The third-order valence-corrected chi connectivity index (χ3v) is 6.67. The topological polar surface area (TPSA) is 52.1 Å². The highest BCUT2D eigenvalue weighted by atomic mass is 16.5. The summed E-state index contributed by atoms with van der Waals surface area (Å²) in [5.41, 5.74) is 0.287. The Bertz CT molecular complexity index is 438. The molecular weight excluding hydrogens is 338 g/mol. The molecule has 1 aliphatic carbocycles. The van der Waals surface area contributed by atoms with Crippen molar-refractivity contribution in [2.24, 2.45) is 4.99 Å². The Balaban J connectivity index is 1.39. The van der Waals surface area contributed by atoms with Crippen molar-refractivity contribution in [1.29, 1.82) is 0 Å². The van der Waals surface area contributed by atoms with Crippen molar-refractivity contribution in [3.63, 3.8) is 0 Å². The van der Waals surface area contributed by atoms with Crippen LogP contribution in [-0.4, -0.2) is 87.4 Å². The van der Waals surface area contributed by atoms with Gasteiger partial charge in [-0.05, 0) is 58.2 Å². The van der Waals surface area contributed by atoms with Crippen LogP contribution in [0, 0.1) is 0 Å². The lowest BCUT2D eigenvalue weighted by molar-refractivity contribution is -0.0352. The van der Waals surface area contributed by atoms with Gasteiger partial charge in [0.15, 0.2) is 5.96 Å². The Morgan fingerprint density at radius 1 is 0.926 bits per heavy atom. The molecule has 6 heteroatoms. The number of guanidine groups is 1. The number of rotatable bonds is 8. The van der Waals surface area contributed by atoms with Crippen LogP contribution >= 0.6 is 0 Å². The van der Waals surface area contributed by atoms with Gasteiger partial charge >= 0.3 is 0 Å². The average molecular weight is 380 g/mol. The second kappa shape index (κ2) is 11.2. The lowest BCUT2D eigenvalue weighted by atomic mass is 9.80. The second-order valence-electron chi connectivity index (χ2n) is 8.49. The van der Waals surface area contributed by atoms with Crippen molar-refractivity contribution < 1.29 is 4.74 Å². The van der Waals surface area contributed by atoms with Crippen LogP contribution in [0.25, 0.3) is 0 Å². The summed E-state index contributed by atoms with van der Waals surface area (Å²) in [6.07, 6.45) is 12.0. The van der Waals surface area contributed by atoms with Crippen molar-refractivity contribution in [3.8, 4) is 0 Å². The quantitative estimate of drug-likeness (QED) is 0.384. The molecule has 1 saturated carbocycles. The Morgan fingerprint density at radius 3 is 2.37 bits per heavy atom. The highest BCUT2D eigenvalue weighted by Crippen LogP contribution is 2.33. The standard InChI is InChI=1S/C21H41N5O/c1-22-20(23-11-5-6-12-25-13-7-8-14-25)24-19-21(9-3-2-4-10-21)26-15-17-27-18-16-26/h2-19H2,1H3,(H2,22,23,24). The molecule has 3 rings (SSSR count). The summed E-state index contributed by atoms with van der Waals surface area (Å²) in [6.45, 7) is 9.79. The summed E-state index contributed by atoms with van der Waals surface area (Å²) in [5.74, 6) is 0.967. The molecule has 0 aromatic heterocycles. The van der Waals surface area contributed by atoms with Gasteiger partial charge in [-0.15, -0.1) is 0 Å². The summed E-state index contributed by atoms with van der Waals surface area (Å²) in [4.78, 5) is 9.75. The van der Waals surface area contributed by atoms with E-state index in [9.17, 15) is 0 Å². The zero-order valence-electron chi connectivity index (χ0n) is 17.5. The highest BCUT2D eigenvalue weighted by Gasteiger charge is 2.38. The minimum absolute atomic E-state index is 0.287. The fraction of sp³-hybridized carbons (Fsp3) is 0.952. The first-order valence-corrected chi connectivity index (χ1v) is 11.3. The smallest absolute Gasteiger partial charge is 0.191 e. The summed E-state index contributed by atoms with van der Waals surface area (Å²) in [6, 6.07) is 0. The van der Waals surface area contributed by atoms with E-state index in [0.29, 0.717) is 0 Å². The van der Waals surface area contributed by atoms with Gasteiger partial charge < -0.3 is 20.3 Å². The van der Waals surface area contributed by atoms with Crippen molar-refractivity contribution in [1.82, 2.24) is 20.4 Å². The first kappa shape index (κ1) is 20.9. The maximum atomic E-state index is 5.59. The Hall–Kier alpha value is -0.850. The van der Waals surface area contributed by atoms with E-state index in [1.165, 1.54) is 77.4 Å². The number of nitrogens with zero attached hydrogens (tertiary/aromatic N) is 3. The van der Waals surface area contributed by atoms with Gasteiger partial charge in [-0.2, -0.15) is 0 Å².